The molecule has 104 valence electrons. The van der Waals surface area contributed by atoms with E-state index in [1.54, 1.807) is 24.3 Å². The first kappa shape index (κ1) is 13.7. The van der Waals surface area contributed by atoms with Gasteiger partial charge in [0, 0.05) is 12.8 Å². The highest BCUT2D eigenvalue weighted by Crippen LogP contribution is 2.29. The van der Waals surface area contributed by atoms with Gasteiger partial charge >= 0.3 is 5.97 Å². The molecular weight excluding hydrogens is 248 g/mol. The van der Waals surface area contributed by atoms with Crippen molar-refractivity contribution in [2.75, 3.05) is 19.8 Å². The fourth-order valence-electron chi connectivity index (χ4n) is 2.06. The molecule has 1 aromatic carbocycles. The lowest BCUT2D eigenvalue weighted by atomic mass is 9.94. The van der Waals surface area contributed by atoms with Gasteiger partial charge in [0.15, 0.2) is 0 Å². The van der Waals surface area contributed by atoms with E-state index in [2.05, 4.69) is 0 Å². The average Bonchev–Trinajstić information content (AvgIpc) is 2.42. The van der Waals surface area contributed by atoms with E-state index < -0.39 is 11.6 Å². The van der Waals surface area contributed by atoms with Crippen LogP contribution in [0.1, 0.15) is 19.8 Å². The summed E-state index contributed by atoms with van der Waals surface area (Å²) in [7, 11) is 0. The maximum absolute atomic E-state index is 11.4. The van der Waals surface area contributed by atoms with Crippen molar-refractivity contribution in [1.29, 1.82) is 0 Å². The van der Waals surface area contributed by atoms with Gasteiger partial charge in [-0.15, -0.1) is 0 Å². The van der Waals surface area contributed by atoms with Crippen LogP contribution in [0.5, 0.6) is 11.5 Å². The Morgan fingerprint density at radius 1 is 1.26 bits per heavy atom. The number of aliphatic carboxylic acids is 1. The van der Waals surface area contributed by atoms with Crippen molar-refractivity contribution in [3.8, 4) is 11.5 Å². The Balaban J connectivity index is 2.10. The second-order valence-corrected chi connectivity index (χ2v) is 4.42. The lowest BCUT2D eigenvalue weighted by Crippen LogP contribution is -2.49. The molecule has 0 radical (unpaired) electrons. The van der Waals surface area contributed by atoms with Crippen LogP contribution >= 0.6 is 0 Å². The number of carboxylic acid groups (broad SMARTS) is 1. The maximum Gasteiger partial charge on any atom is 0.348 e. The first-order valence-electron chi connectivity index (χ1n) is 6.39. The third-order valence-electron chi connectivity index (χ3n) is 3.14. The Labute approximate surface area is 112 Å². The summed E-state index contributed by atoms with van der Waals surface area (Å²) in [6, 6.07) is 7.00. The number of hydrogen-bond acceptors (Lipinski definition) is 4. The molecule has 0 bridgehead atoms. The van der Waals surface area contributed by atoms with E-state index in [4.69, 9.17) is 14.2 Å². The summed E-state index contributed by atoms with van der Waals surface area (Å²) < 4.78 is 16.2. The summed E-state index contributed by atoms with van der Waals surface area (Å²) >= 11 is 0. The Hall–Kier alpha value is -1.75. The van der Waals surface area contributed by atoms with E-state index in [9.17, 15) is 9.90 Å². The van der Waals surface area contributed by atoms with Crippen LogP contribution in [-0.4, -0.2) is 36.5 Å². The summed E-state index contributed by atoms with van der Waals surface area (Å²) in [5, 5.41) is 9.38. The van der Waals surface area contributed by atoms with Gasteiger partial charge in [0.1, 0.15) is 11.5 Å². The molecule has 1 N–H and O–H groups in total. The summed E-state index contributed by atoms with van der Waals surface area (Å²) in [6.07, 6.45) is 0.713. The van der Waals surface area contributed by atoms with Crippen molar-refractivity contribution >= 4 is 5.97 Å². The van der Waals surface area contributed by atoms with Crippen LogP contribution in [0.15, 0.2) is 24.3 Å². The van der Waals surface area contributed by atoms with Crippen molar-refractivity contribution in [3.63, 3.8) is 0 Å². The zero-order chi connectivity index (χ0) is 13.7. The lowest BCUT2D eigenvalue weighted by molar-refractivity contribution is -0.163. The SMILES string of the molecule is CCOc1ccc(OC2(C(=O)O)CCOCC2)cc1. The van der Waals surface area contributed by atoms with Crippen molar-refractivity contribution in [3.05, 3.63) is 24.3 Å². The number of rotatable bonds is 5. The molecule has 5 heteroatoms. The highest BCUT2D eigenvalue weighted by Gasteiger charge is 2.42. The molecule has 1 heterocycles. The standard InChI is InChI=1S/C14H18O5/c1-2-18-11-3-5-12(6-4-11)19-14(13(15)16)7-9-17-10-8-14/h3-6H,2,7-10H2,1H3,(H,15,16). The largest absolute Gasteiger partial charge is 0.494 e. The lowest BCUT2D eigenvalue weighted by Gasteiger charge is -2.33. The van der Waals surface area contributed by atoms with Crippen LogP contribution in [0, 0.1) is 0 Å². The predicted octanol–water partition coefficient (Wildman–Crippen LogP) is 2.10. The van der Waals surface area contributed by atoms with Crippen LogP contribution in [0.25, 0.3) is 0 Å². The number of benzene rings is 1. The molecule has 0 spiro atoms. The van der Waals surface area contributed by atoms with Gasteiger partial charge in [-0.1, -0.05) is 0 Å². The summed E-state index contributed by atoms with van der Waals surface area (Å²) in [5.74, 6) is 0.337. The molecule has 0 aliphatic carbocycles. The van der Waals surface area contributed by atoms with Gasteiger partial charge in [0.25, 0.3) is 0 Å². The molecule has 0 amide bonds. The van der Waals surface area contributed by atoms with E-state index in [1.165, 1.54) is 0 Å². The molecule has 1 fully saturated rings. The van der Waals surface area contributed by atoms with Crippen LogP contribution in [0.4, 0.5) is 0 Å². The van der Waals surface area contributed by atoms with Crippen molar-refractivity contribution in [1.82, 2.24) is 0 Å². The van der Waals surface area contributed by atoms with Crippen molar-refractivity contribution in [2.24, 2.45) is 0 Å². The van der Waals surface area contributed by atoms with Crippen LogP contribution in [0.3, 0.4) is 0 Å². The molecule has 1 saturated heterocycles. The zero-order valence-electron chi connectivity index (χ0n) is 10.9. The number of ether oxygens (including phenoxy) is 3. The minimum Gasteiger partial charge on any atom is -0.494 e. The molecule has 19 heavy (non-hydrogen) atoms. The monoisotopic (exact) mass is 266 g/mol. The zero-order valence-corrected chi connectivity index (χ0v) is 10.9. The van der Waals surface area contributed by atoms with E-state index in [0.29, 0.717) is 38.4 Å². The number of hydrogen-bond donors (Lipinski definition) is 1. The van der Waals surface area contributed by atoms with E-state index >= 15 is 0 Å². The normalized spacial score (nSPS) is 17.7. The van der Waals surface area contributed by atoms with Crippen LogP contribution in [-0.2, 0) is 9.53 Å². The van der Waals surface area contributed by atoms with E-state index in [0.717, 1.165) is 5.75 Å². The van der Waals surface area contributed by atoms with Crippen molar-refractivity contribution in [2.45, 2.75) is 25.4 Å². The van der Waals surface area contributed by atoms with E-state index in [1.807, 2.05) is 6.92 Å². The van der Waals surface area contributed by atoms with Gasteiger partial charge in [0.05, 0.1) is 19.8 Å². The van der Waals surface area contributed by atoms with Gasteiger partial charge in [-0.25, -0.2) is 4.79 Å². The molecule has 0 saturated carbocycles. The highest BCUT2D eigenvalue weighted by molar-refractivity contribution is 5.78. The first-order valence-corrected chi connectivity index (χ1v) is 6.39. The van der Waals surface area contributed by atoms with Gasteiger partial charge in [-0.2, -0.15) is 0 Å². The summed E-state index contributed by atoms with van der Waals surface area (Å²) in [4.78, 5) is 11.4. The van der Waals surface area contributed by atoms with Gasteiger partial charge in [-0.05, 0) is 31.2 Å². The second kappa shape index (κ2) is 5.93. The average molecular weight is 266 g/mol. The molecular formula is C14H18O5. The van der Waals surface area contributed by atoms with Crippen LogP contribution in [0.2, 0.25) is 0 Å². The third kappa shape index (κ3) is 3.17. The number of carbonyl (C=O) groups is 1. The van der Waals surface area contributed by atoms with Crippen molar-refractivity contribution < 1.29 is 24.1 Å². The summed E-state index contributed by atoms with van der Waals surface area (Å²) in [6.45, 7) is 3.31. The molecule has 0 aromatic heterocycles. The Bertz CT molecular complexity index is 420. The molecule has 0 unspecified atom stereocenters. The van der Waals surface area contributed by atoms with Gasteiger partial charge < -0.3 is 19.3 Å². The fourth-order valence-corrected chi connectivity index (χ4v) is 2.06. The van der Waals surface area contributed by atoms with Gasteiger partial charge in [-0.3, -0.25) is 0 Å². The highest BCUT2D eigenvalue weighted by atomic mass is 16.5. The third-order valence-corrected chi connectivity index (χ3v) is 3.14. The summed E-state index contributed by atoms with van der Waals surface area (Å²) in [5.41, 5.74) is -1.18. The first-order chi connectivity index (χ1) is 9.16. The molecule has 1 aromatic rings. The predicted molar refractivity (Wildman–Crippen MR) is 68.7 cm³/mol. The number of carboxylic acids is 1. The Kier molecular flexibility index (Phi) is 4.27. The van der Waals surface area contributed by atoms with E-state index in [-0.39, 0.29) is 0 Å². The second-order valence-electron chi connectivity index (χ2n) is 4.42. The minimum absolute atomic E-state index is 0.357. The Morgan fingerprint density at radius 3 is 2.37 bits per heavy atom. The maximum atomic E-state index is 11.4. The fraction of sp³-hybridized carbons (Fsp3) is 0.500. The topological polar surface area (TPSA) is 65.0 Å². The molecule has 0 atom stereocenters. The van der Waals surface area contributed by atoms with Gasteiger partial charge in [0.2, 0.25) is 5.60 Å². The molecule has 5 nitrogen and oxygen atoms in total. The minimum atomic E-state index is -1.18. The smallest absolute Gasteiger partial charge is 0.348 e. The molecule has 2 rings (SSSR count). The Morgan fingerprint density at radius 2 is 1.84 bits per heavy atom. The quantitative estimate of drug-likeness (QED) is 0.884. The van der Waals surface area contributed by atoms with Crippen LogP contribution < -0.4 is 9.47 Å². The molecule has 1 aliphatic heterocycles. The molecule has 1 aliphatic rings.